The van der Waals surface area contributed by atoms with Crippen LogP contribution >= 0.6 is 11.6 Å². The summed E-state index contributed by atoms with van der Waals surface area (Å²) >= 11 is 6.05. The highest BCUT2D eigenvalue weighted by Gasteiger charge is 2.08. The summed E-state index contributed by atoms with van der Waals surface area (Å²) in [7, 11) is 0. The normalized spacial score (nSPS) is 14.9. The van der Waals surface area contributed by atoms with Gasteiger partial charge in [0.05, 0.1) is 5.56 Å². The van der Waals surface area contributed by atoms with Crippen LogP contribution in [0.2, 0.25) is 5.02 Å². The minimum atomic E-state index is 0.393. The Morgan fingerprint density at radius 3 is 3.18 bits per heavy atom. The first-order chi connectivity index (χ1) is 8.31. The third-order valence-corrected chi connectivity index (χ3v) is 3.03. The van der Waals surface area contributed by atoms with Crippen LogP contribution in [0, 0.1) is 11.3 Å². The summed E-state index contributed by atoms with van der Waals surface area (Å²) < 4.78 is 0. The lowest BCUT2D eigenvalue weighted by molar-refractivity contribution is 0.698. The lowest BCUT2D eigenvalue weighted by Crippen LogP contribution is -2.23. The molecule has 0 spiro atoms. The molecule has 0 atom stereocenters. The summed E-state index contributed by atoms with van der Waals surface area (Å²) in [6, 6.07) is 3.65. The van der Waals surface area contributed by atoms with Gasteiger partial charge in [0.2, 0.25) is 0 Å². The molecule has 88 valence electrons. The molecule has 0 aliphatic carbocycles. The first-order valence-corrected chi connectivity index (χ1v) is 5.86. The zero-order valence-corrected chi connectivity index (χ0v) is 10.1. The van der Waals surface area contributed by atoms with E-state index in [-0.39, 0.29) is 0 Å². The van der Waals surface area contributed by atoms with E-state index in [1.807, 2.05) is 6.07 Å². The summed E-state index contributed by atoms with van der Waals surface area (Å²) in [5.41, 5.74) is 1.78. The van der Waals surface area contributed by atoms with Gasteiger partial charge in [-0.15, -0.1) is 0 Å². The van der Waals surface area contributed by atoms with Gasteiger partial charge in [0.15, 0.2) is 0 Å². The van der Waals surface area contributed by atoms with Gasteiger partial charge < -0.3 is 10.6 Å². The highest BCUT2D eigenvalue weighted by atomic mass is 35.5. The smallest absolute Gasteiger partial charge is 0.146 e. The van der Waals surface area contributed by atoms with Crippen LogP contribution in [0.25, 0.3) is 0 Å². The van der Waals surface area contributed by atoms with Crippen LogP contribution in [0.5, 0.6) is 0 Å². The monoisotopic (exact) mass is 248 g/mol. The van der Waals surface area contributed by atoms with E-state index < -0.39 is 0 Å². The molecule has 1 aliphatic heterocycles. The van der Waals surface area contributed by atoms with E-state index in [1.165, 1.54) is 5.57 Å². The Balaban J connectivity index is 2.04. The predicted molar refractivity (Wildman–Crippen MR) is 68.0 cm³/mol. The molecule has 1 aromatic heterocycles. The molecule has 2 rings (SSSR count). The third kappa shape index (κ3) is 2.96. The lowest BCUT2D eigenvalue weighted by Gasteiger charge is -2.15. The van der Waals surface area contributed by atoms with Crippen molar-refractivity contribution in [3.63, 3.8) is 0 Å². The van der Waals surface area contributed by atoms with Crippen molar-refractivity contribution >= 4 is 17.4 Å². The Labute approximate surface area is 105 Å². The van der Waals surface area contributed by atoms with Crippen LogP contribution in [0.3, 0.4) is 0 Å². The molecule has 2 N–H and O–H groups in total. The van der Waals surface area contributed by atoms with Gasteiger partial charge in [-0.3, -0.25) is 0 Å². The maximum Gasteiger partial charge on any atom is 0.146 e. The van der Waals surface area contributed by atoms with E-state index in [0.717, 1.165) is 26.1 Å². The first-order valence-electron chi connectivity index (χ1n) is 5.48. The number of anilines is 1. The van der Waals surface area contributed by atoms with Gasteiger partial charge in [0.25, 0.3) is 0 Å². The average molecular weight is 249 g/mol. The van der Waals surface area contributed by atoms with E-state index in [1.54, 1.807) is 12.3 Å². The SMILES string of the molecule is N#Cc1ccnc(NCC2=CCNCC2)c1Cl. The fraction of sp³-hybridized carbons (Fsp3) is 0.333. The Hall–Kier alpha value is -1.57. The molecule has 17 heavy (non-hydrogen) atoms. The fourth-order valence-corrected chi connectivity index (χ4v) is 1.90. The van der Waals surface area contributed by atoms with E-state index >= 15 is 0 Å². The van der Waals surface area contributed by atoms with Crippen LogP contribution in [-0.2, 0) is 0 Å². The molecule has 0 saturated carbocycles. The van der Waals surface area contributed by atoms with Crippen molar-refractivity contribution in [3.05, 3.63) is 34.5 Å². The van der Waals surface area contributed by atoms with E-state index in [0.29, 0.717) is 16.4 Å². The number of hydrogen-bond acceptors (Lipinski definition) is 4. The maximum absolute atomic E-state index is 8.85. The van der Waals surface area contributed by atoms with Crippen LogP contribution in [-0.4, -0.2) is 24.6 Å². The molecule has 0 aromatic carbocycles. The van der Waals surface area contributed by atoms with Gasteiger partial charge in [-0.05, 0) is 19.0 Å². The van der Waals surface area contributed by atoms with Gasteiger partial charge in [0, 0.05) is 19.3 Å². The second kappa shape index (κ2) is 5.67. The highest BCUT2D eigenvalue weighted by Crippen LogP contribution is 2.23. The molecule has 0 unspecified atom stereocenters. The van der Waals surface area contributed by atoms with Crippen LogP contribution in [0.1, 0.15) is 12.0 Å². The van der Waals surface area contributed by atoms with Crippen molar-refractivity contribution in [2.45, 2.75) is 6.42 Å². The number of hydrogen-bond donors (Lipinski definition) is 2. The first kappa shape index (κ1) is 11.9. The minimum Gasteiger partial charge on any atom is -0.365 e. The lowest BCUT2D eigenvalue weighted by atomic mass is 10.1. The number of aromatic nitrogens is 1. The van der Waals surface area contributed by atoms with Crippen molar-refractivity contribution in [1.29, 1.82) is 5.26 Å². The van der Waals surface area contributed by atoms with E-state index in [4.69, 9.17) is 16.9 Å². The molecule has 2 heterocycles. The molecule has 0 bridgehead atoms. The van der Waals surface area contributed by atoms with Gasteiger partial charge >= 0.3 is 0 Å². The van der Waals surface area contributed by atoms with Crippen molar-refractivity contribution < 1.29 is 0 Å². The standard InChI is InChI=1S/C12H13ClN4/c13-11-10(7-14)3-6-16-12(11)17-8-9-1-4-15-5-2-9/h1,3,6,15H,2,4-5,8H2,(H,16,17). The molecular formula is C12H13ClN4. The van der Waals surface area contributed by atoms with Crippen LogP contribution in [0.4, 0.5) is 5.82 Å². The number of nitriles is 1. The molecule has 0 amide bonds. The Bertz CT molecular complexity index is 476. The molecule has 1 aromatic rings. The second-order valence-electron chi connectivity index (χ2n) is 3.80. The Morgan fingerprint density at radius 2 is 2.47 bits per heavy atom. The Morgan fingerprint density at radius 1 is 1.59 bits per heavy atom. The summed E-state index contributed by atoms with van der Waals surface area (Å²) in [4.78, 5) is 4.13. The predicted octanol–water partition coefficient (Wildman–Crippen LogP) is 1.94. The maximum atomic E-state index is 8.85. The molecule has 0 fully saturated rings. The van der Waals surface area contributed by atoms with Gasteiger partial charge in [-0.2, -0.15) is 5.26 Å². The summed E-state index contributed by atoms with van der Waals surface area (Å²) in [5.74, 6) is 0.574. The number of nitrogens with one attached hydrogen (secondary N) is 2. The van der Waals surface area contributed by atoms with Crippen molar-refractivity contribution in [3.8, 4) is 6.07 Å². The number of rotatable bonds is 3. The van der Waals surface area contributed by atoms with E-state index in [9.17, 15) is 0 Å². The average Bonchev–Trinajstić information content (AvgIpc) is 2.39. The Kier molecular flexibility index (Phi) is 3.97. The third-order valence-electron chi connectivity index (χ3n) is 2.65. The topological polar surface area (TPSA) is 60.7 Å². The quantitative estimate of drug-likeness (QED) is 0.803. The van der Waals surface area contributed by atoms with Crippen molar-refractivity contribution in [2.75, 3.05) is 25.0 Å². The number of halogens is 1. The molecule has 4 nitrogen and oxygen atoms in total. The zero-order chi connectivity index (χ0) is 12.1. The van der Waals surface area contributed by atoms with Gasteiger partial charge in [-0.25, -0.2) is 4.98 Å². The molecule has 0 saturated heterocycles. The van der Waals surface area contributed by atoms with Crippen LogP contribution < -0.4 is 10.6 Å². The van der Waals surface area contributed by atoms with Gasteiger partial charge in [0.1, 0.15) is 16.9 Å². The van der Waals surface area contributed by atoms with Crippen molar-refractivity contribution in [1.82, 2.24) is 10.3 Å². The molecule has 1 aliphatic rings. The zero-order valence-electron chi connectivity index (χ0n) is 9.33. The molecular weight excluding hydrogens is 236 g/mol. The fourth-order valence-electron chi connectivity index (χ4n) is 1.68. The largest absolute Gasteiger partial charge is 0.365 e. The number of nitrogens with zero attached hydrogens (tertiary/aromatic N) is 2. The van der Waals surface area contributed by atoms with Crippen molar-refractivity contribution in [2.24, 2.45) is 0 Å². The number of pyridine rings is 1. The highest BCUT2D eigenvalue weighted by molar-refractivity contribution is 6.34. The summed E-state index contributed by atoms with van der Waals surface area (Å²) in [6.45, 7) is 2.65. The summed E-state index contributed by atoms with van der Waals surface area (Å²) in [5, 5.41) is 15.7. The minimum absolute atomic E-state index is 0.393. The second-order valence-corrected chi connectivity index (χ2v) is 4.18. The molecule has 5 heteroatoms. The van der Waals surface area contributed by atoms with Gasteiger partial charge in [-0.1, -0.05) is 23.3 Å². The molecule has 0 radical (unpaired) electrons. The summed E-state index contributed by atoms with van der Waals surface area (Å²) in [6.07, 6.45) is 4.78. The van der Waals surface area contributed by atoms with E-state index in [2.05, 4.69) is 21.7 Å². The van der Waals surface area contributed by atoms with Crippen LogP contribution in [0.15, 0.2) is 23.9 Å².